The third-order valence-corrected chi connectivity index (χ3v) is 10.9. The Morgan fingerprint density at radius 2 is 1.92 bits per heavy atom. The van der Waals surface area contributed by atoms with Crippen LogP contribution in [0.2, 0.25) is 0 Å². The number of sulfone groups is 1. The van der Waals surface area contributed by atoms with Gasteiger partial charge in [0.05, 0.1) is 12.2 Å². The van der Waals surface area contributed by atoms with Crippen LogP contribution >= 0.6 is 11.3 Å². The van der Waals surface area contributed by atoms with Gasteiger partial charge in [0.2, 0.25) is 11.8 Å². The first-order chi connectivity index (χ1) is 17.7. The lowest BCUT2D eigenvalue weighted by molar-refractivity contribution is -0.200. The Kier molecular flexibility index (Phi) is 8.84. The summed E-state index contributed by atoms with van der Waals surface area (Å²) in [5.41, 5.74) is 4.28. The molecule has 4 rings (SSSR count). The molecule has 2 saturated heterocycles. The highest BCUT2D eigenvalue weighted by atomic mass is 32.2. The van der Waals surface area contributed by atoms with E-state index in [1.165, 1.54) is 22.3 Å². The van der Waals surface area contributed by atoms with Gasteiger partial charge in [-0.15, -0.1) is 11.3 Å². The van der Waals surface area contributed by atoms with Crippen LogP contribution in [0.15, 0.2) is 42.5 Å². The molecule has 0 aliphatic carbocycles. The molecule has 37 heavy (non-hydrogen) atoms. The lowest BCUT2D eigenvalue weighted by Crippen LogP contribution is -2.45. The Morgan fingerprint density at radius 3 is 2.59 bits per heavy atom. The van der Waals surface area contributed by atoms with Gasteiger partial charge < -0.3 is 9.64 Å². The molecule has 1 N–H and O–H groups in total. The first-order valence-corrected chi connectivity index (χ1v) is 15.1. The lowest BCUT2D eigenvalue weighted by Gasteiger charge is -2.35. The number of hydrogen-bond acceptors (Lipinski definition) is 7. The molecular weight excluding hydrogens is 512 g/mol. The molecule has 2 aliphatic heterocycles. The largest absolute Gasteiger partial charge is 0.350 e. The highest BCUT2D eigenvalue weighted by Crippen LogP contribution is 2.47. The van der Waals surface area contributed by atoms with Crippen molar-refractivity contribution in [2.75, 3.05) is 26.5 Å². The van der Waals surface area contributed by atoms with Crippen LogP contribution in [0, 0.1) is 0 Å². The second-order valence-electron chi connectivity index (χ2n) is 9.74. The third kappa shape index (κ3) is 6.49. The summed E-state index contributed by atoms with van der Waals surface area (Å²) in [4.78, 5) is 33.2. The number of carbonyl (C=O) groups excluding carboxylic acids is 2. The Morgan fingerprint density at radius 1 is 1.14 bits per heavy atom. The smallest absolute Gasteiger partial charge is 0.246 e. The van der Waals surface area contributed by atoms with Crippen LogP contribution in [-0.2, 0) is 33.7 Å². The van der Waals surface area contributed by atoms with Gasteiger partial charge in [0, 0.05) is 43.0 Å². The molecule has 1 aromatic heterocycles. The van der Waals surface area contributed by atoms with E-state index in [-0.39, 0.29) is 18.1 Å². The first kappa shape index (κ1) is 27.5. The van der Waals surface area contributed by atoms with Gasteiger partial charge in [0.15, 0.2) is 16.1 Å². The maximum Gasteiger partial charge on any atom is 0.246 e. The molecule has 0 saturated carbocycles. The average molecular weight is 547 g/mol. The van der Waals surface area contributed by atoms with Gasteiger partial charge in [-0.1, -0.05) is 30.7 Å². The summed E-state index contributed by atoms with van der Waals surface area (Å²) in [6.45, 7) is 0.586. The number of hydroxylamine groups is 1. The predicted octanol–water partition coefficient (Wildman–Crippen LogP) is 4.28. The number of nitrogens with one attached hydrogen (secondary N) is 1. The molecule has 2 aliphatic rings. The summed E-state index contributed by atoms with van der Waals surface area (Å²) in [5, 5.41) is 0. The van der Waals surface area contributed by atoms with Crippen molar-refractivity contribution >= 4 is 39.1 Å². The zero-order valence-electron chi connectivity index (χ0n) is 21.3. The second kappa shape index (κ2) is 11.9. The maximum atomic E-state index is 13.4. The Labute approximate surface area is 222 Å². The Balaban J connectivity index is 1.52. The van der Waals surface area contributed by atoms with E-state index in [1.54, 1.807) is 20.2 Å². The van der Waals surface area contributed by atoms with Crippen molar-refractivity contribution in [3.05, 3.63) is 52.9 Å². The van der Waals surface area contributed by atoms with Gasteiger partial charge in [-0.05, 0) is 55.0 Å². The number of likely N-dealkylation sites (N-methyl/N-ethyl adjacent to an activating group) is 1. The van der Waals surface area contributed by atoms with Gasteiger partial charge >= 0.3 is 0 Å². The summed E-state index contributed by atoms with van der Waals surface area (Å²) < 4.78 is 31.1. The minimum absolute atomic E-state index is 0.0623. The van der Waals surface area contributed by atoms with Crippen molar-refractivity contribution in [1.29, 1.82) is 0 Å². The van der Waals surface area contributed by atoms with Crippen molar-refractivity contribution in [2.24, 2.45) is 0 Å². The summed E-state index contributed by atoms with van der Waals surface area (Å²) in [6.07, 6.45) is 6.94. The van der Waals surface area contributed by atoms with E-state index in [2.05, 4.69) is 5.48 Å². The van der Waals surface area contributed by atoms with Crippen LogP contribution in [-0.4, -0.2) is 57.9 Å². The minimum atomic E-state index is -3.56. The fraction of sp³-hybridized carbons (Fsp3) is 0.481. The normalized spacial score (nSPS) is 23.6. The number of rotatable bonds is 8. The van der Waals surface area contributed by atoms with Crippen molar-refractivity contribution in [3.8, 4) is 10.4 Å². The SMILES string of the molecule is CN(C)C(=O)C=Cc1ccc(-c2ccc([C@@]3(CC(=O)NOC4CCCCO4)CCCCS3(=O)=O)s2)cc1. The standard InChI is InChI=1S/C27H34N2O6S2/c1-29(2)25(31)15-10-20-8-11-21(12-9-20)22-13-14-23(36-22)27(16-4-6-18-37(27,32)33)19-24(30)28-35-26-7-3-5-17-34-26/h8-15,26H,3-7,16-19H2,1-2H3,(H,28,30)/t26?,27-/m0/s1. The third-order valence-electron chi connectivity index (χ3n) is 6.84. The molecule has 8 nitrogen and oxygen atoms in total. The number of hydrogen-bond donors (Lipinski definition) is 1. The molecule has 2 atom stereocenters. The molecule has 10 heteroatoms. The van der Waals surface area contributed by atoms with E-state index >= 15 is 0 Å². The zero-order valence-corrected chi connectivity index (χ0v) is 22.9. The fourth-order valence-electron chi connectivity index (χ4n) is 4.66. The number of benzene rings is 1. The molecule has 0 radical (unpaired) electrons. The quantitative estimate of drug-likeness (QED) is 0.392. The van der Waals surface area contributed by atoms with Gasteiger partial charge in [-0.25, -0.2) is 18.7 Å². The highest BCUT2D eigenvalue weighted by Gasteiger charge is 2.49. The fourth-order valence-corrected chi connectivity index (χ4v) is 8.44. The van der Waals surface area contributed by atoms with Gasteiger partial charge in [-0.3, -0.25) is 9.59 Å². The van der Waals surface area contributed by atoms with Crippen LogP contribution in [0.25, 0.3) is 16.5 Å². The van der Waals surface area contributed by atoms with E-state index in [0.717, 1.165) is 35.3 Å². The van der Waals surface area contributed by atoms with Crippen LogP contribution < -0.4 is 5.48 Å². The summed E-state index contributed by atoms with van der Waals surface area (Å²) in [6, 6.07) is 11.5. The van der Waals surface area contributed by atoms with Crippen molar-refractivity contribution < 1.29 is 27.6 Å². The topological polar surface area (TPSA) is 102 Å². The maximum absolute atomic E-state index is 13.4. The monoisotopic (exact) mass is 546 g/mol. The molecule has 2 aromatic rings. The number of carbonyl (C=O) groups is 2. The minimum Gasteiger partial charge on any atom is -0.350 e. The van der Waals surface area contributed by atoms with Gasteiger partial charge in [0.25, 0.3) is 0 Å². The number of amides is 2. The molecule has 1 unspecified atom stereocenters. The molecule has 0 bridgehead atoms. The van der Waals surface area contributed by atoms with Crippen LogP contribution in [0.3, 0.4) is 0 Å². The number of thiophene rings is 1. The second-order valence-corrected chi connectivity index (χ2v) is 13.2. The van der Waals surface area contributed by atoms with E-state index in [1.807, 2.05) is 36.4 Å². The highest BCUT2D eigenvalue weighted by molar-refractivity contribution is 7.92. The molecule has 1 aromatic carbocycles. The average Bonchev–Trinajstić information content (AvgIpc) is 3.39. The molecule has 3 heterocycles. The van der Waals surface area contributed by atoms with Gasteiger partial charge in [0.1, 0.15) is 4.75 Å². The zero-order chi connectivity index (χ0) is 26.5. The first-order valence-electron chi connectivity index (χ1n) is 12.6. The summed E-state index contributed by atoms with van der Waals surface area (Å²) >= 11 is 1.41. The number of nitrogens with zero attached hydrogens (tertiary/aromatic N) is 1. The Bertz CT molecular complexity index is 1230. The molecule has 200 valence electrons. The molecule has 0 spiro atoms. The van der Waals surface area contributed by atoms with E-state index in [9.17, 15) is 18.0 Å². The van der Waals surface area contributed by atoms with Crippen molar-refractivity contribution in [2.45, 2.75) is 56.0 Å². The van der Waals surface area contributed by atoms with Crippen LogP contribution in [0.5, 0.6) is 0 Å². The summed E-state index contributed by atoms with van der Waals surface area (Å²) in [7, 11) is -0.158. The number of ether oxygens (including phenoxy) is 1. The van der Waals surface area contributed by atoms with Crippen molar-refractivity contribution in [3.63, 3.8) is 0 Å². The van der Waals surface area contributed by atoms with Crippen molar-refractivity contribution in [1.82, 2.24) is 10.4 Å². The molecule has 2 amide bonds. The van der Waals surface area contributed by atoms with Crippen LogP contribution in [0.4, 0.5) is 0 Å². The molecular formula is C27H34N2O6S2. The Hall–Kier alpha value is -2.53. The summed E-state index contributed by atoms with van der Waals surface area (Å²) in [5.74, 6) is -0.489. The van der Waals surface area contributed by atoms with Gasteiger partial charge in [-0.2, -0.15) is 0 Å². The predicted molar refractivity (Wildman–Crippen MR) is 144 cm³/mol. The molecule has 2 fully saturated rings. The lowest BCUT2D eigenvalue weighted by atomic mass is 9.94. The van der Waals surface area contributed by atoms with E-state index < -0.39 is 26.8 Å². The van der Waals surface area contributed by atoms with E-state index in [4.69, 9.17) is 9.57 Å². The van der Waals surface area contributed by atoms with E-state index in [0.29, 0.717) is 30.7 Å². The van der Waals surface area contributed by atoms with Crippen LogP contribution in [0.1, 0.15) is 55.4 Å².